The van der Waals surface area contributed by atoms with E-state index in [-0.39, 0.29) is 23.2 Å². The summed E-state index contributed by atoms with van der Waals surface area (Å²) < 4.78 is 28.1. The van der Waals surface area contributed by atoms with Gasteiger partial charge >= 0.3 is 0 Å². The van der Waals surface area contributed by atoms with Crippen LogP contribution in [-0.4, -0.2) is 15.6 Å². The van der Waals surface area contributed by atoms with Crippen molar-refractivity contribution < 1.29 is 13.6 Å². The molecule has 3 aromatic rings. The quantitative estimate of drug-likeness (QED) is 0.783. The molecule has 0 saturated heterocycles. The second-order valence-electron chi connectivity index (χ2n) is 6.36. The van der Waals surface area contributed by atoms with Crippen LogP contribution in [0, 0.1) is 11.6 Å². The molecule has 0 radical (unpaired) electrons. The topological polar surface area (TPSA) is 64.0 Å². The van der Waals surface area contributed by atoms with Gasteiger partial charge in [-0.15, -0.1) is 0 Å². The zero-order valence-corrected chi connectivity index (χ0v) is 13.7. The van der Waals surface area contributed by atoms with Gasteiger partial charge in [0.15, 0.2) is 0 Å². The van der Waals surface area contributed by atoms with Gasteiger partial charge in [-0.1, -0.05) is 18.2 Å². The van der Waals surface area contributed by atoms with E-state index < -0.39 is 23.1 Å². The van der Waals surface area contributed by atoms with Crippen molar-refractivity contribution in [2.45, 2.75) is 25.2 Å². The number of hydrogen-bond donors (Lipinski definition) is 1. The van der Waals surface area contributed by atoms with E-state index in [9.17, 15) is 18.4 Å². The van der Waals surface area contributed by atoms with E-state index in [0.717, 1.165) is 17.5 Å². The maximum absolute atomic E-state index is 14.1. The van der Waals surface area contributed by atoms with E-state index in [1.54, 1.807) is 6.07 Å². The lowest BCUT2D eigenvalue weighted by Gasteiger charge is -2.14. The van der Waals surface area contributed by atoms with Crippen molar-refractivity contribution in [3.8, 4) is 0 Å². The highest BCUT2D eigenvalue weighted by atomic mass is 19.1. The highest BCUT2D eigenvalue weighted by Gasteiger charge is 2.30. The van der Waals surface area contributed by atoms with Gasteiger partial charge in [0.05, 0.1) is 11.9 Å². The molecule has 0 atom stereocenters. The lowest BCUT2D eigenvalue weighted by molar-refractivity contribution is -0.116. The lowest BCUT2D eigenvalue weighted by Crippen LogP contribution is -2.37. The fraction of sp³-hybridized carbons (Fsp3) is 0.211. The summed E-state index contributed by atoms with van der Waals surface area (Å²) in [5.41, 5.74) is 2.77. The Labute approximate surface area is 147 Å². The molecule has 1 fully saturated rings. The van der Waals surface area contributed by atoms with Gasteiger partial charge in [0.1, 0.15) is 22.8 Å². The summed E-state index contributed by atoms with van der Waals surface area (Å²) >= 11 is 0. The van der Waals surface area contributed by atoms with Gasteiger partial charge < -0.3 is 0 Å². The summed E-state index contributed by atoms with van der Waals surface area (Å²) in [6.45, 7) is 0. The maximum Gasteiger partial charge on any atom is 0.283 e. The molecular formula is C19H15F2N3O2. The van der Waals surface area contributed by atoms with Crippen LogP contribution in [-0.2, 0) is 11.2 Å². The third-order valence-corrected chi connectivity index (χ3v) is 4.33. The lowest BCUT2D eigenvalue weighted by atomic mass is 10.1. The molecule has 0 bridgehead atoms. The van der Waals surface area contributed by atoms with Crippen LogP contribution in [0.2, 0.25) is 0 Å². The predicted octanol–water partition coefficient (Wildman–Crippen LogP) is 2.86. The summed E-state index contributed by atoms with van der Waals surface area (Å²) in [7, 11) is 0. The van der Waals surface area contributed by atoms with Crippen LogP contribution in [0.25, 0.3) is 10.9 Å². The first-order valence-corrected chi connectivity index (χ1v) is 8.28. The minimum atomic E-state index is -0.677. The third-order valence-electron chi connectivity index (χ3n) is 4.33. The Bertz CT molecular complexity index is 1060. The smallest absolute Gasteiger partial charge is 0.273 e. The fourth-order valence-electron chi connectivity index (χ4n) is 2.88. The van der Waals surface area contributed by atoms with Gasteiger partial charge in [-0.05, 0) is 42.7 Å². The van der Waals surface area contributed by atoms with Crippen molar-refractivity contribution >= 4 is 16.8 Å². The van der Waals surface area contributed by atoms with Gasteiger partial charge in [-0.25, -0.2) is 18.4 Å². The number of carbonyl (C=O) groups excluding carboxylic acids is 1. The molecule has 1 aromatic heterocycles. The number of halogens is 2. The molecule has 0 aliphatic heterocycles. The van der Waals surface area contributed by atoms with E-state index in [1.807, 2.05) is 0 Å². The Morgan fingerprint density at radius 3 is 2.58 bits per heavy atom. The number of hydrogen-bond acceptors (Lipinski definition) is 3. The SMILES string of the molecule is O=C(Cc1ccc(F)cc1)Nn1c(C2CC2)nc2cccc(F)c2c1=O. The highest BCUT2D eigenvalue weighted by Crippen LogP contribution is 2.38. The van der Waals surface area contributed by atoms with E-state index >= 15 is 0 Å². The third kappa shape index (κ3) is 3.08. The van der Waals surface area contributed by atoms with Crippen molar-refractivity contribution in [1.29, 1.82) is 0 Å². The Kier molecular flexibility index (Phi) is 3.99. The Morgan fingerprint density at radius 2 is 1.88 bits per heavy atom. The number of benzene rings is 2. The van der Waals surface area contributed by atoms with Gasteiger partial charge in [0, 0.05) is 5.92 Å². The first-order chi connectivity index (χ1) is 12.5. The first-order valence-electron chi connectivity index (χ1n) is 8.28. The molecule has 1 aliphatic carbocycles. The van der Waals surface area contributed by atoms with Crippen LogP contribution >= 0.6 is 0 Å². The summed E-state index contributed by atoms with van der Waals surface area (Å²) in [6.07, 6.45) is 1.69. The second kappa shape index (κ2) is 6.33. The van der Waals surface area contributed by atoms with Crippen molar-refractivity contribution in [2.75, 3.05) is 5.43 Å². The molecule has 4 rings (SSSR count). The molecule has 0 unspecified atom stereocenters. The molecule has 26 heavy (non-hydrogen) atoms. The van der Waals surface area contributed by atoms with E-state index in [2.05, 4.69) is 10.4 Å². The zero-order valence-electron chi connectivity index (χ0n) is 13.7. The molecule has 1 saturated carbocycles. The monoisotopic (exact) mass is 355 g/mol. The van der Waals surface area contributed by atoms with Gasteiger partial charge in [0.2, 0.25) is 5.91 Å². The van der Waals surface area contributed by atoms with Crippen LogP contribution in [0.3, 0.4) is 0 Å². The highest BCUT2D eigenvalue weighted by molar-refractivity contribution is 5.86. The Balaban J connectivity index is 1.70. The number of fused-ring (bicyclic) bond motifs is 1. The number of aromatic nitrogens is 2. The molecule has 0 spiro atoms. The molecule has 5 nitrogen and oxygen atoms in total. The number of carbonyl (C=O) groups is 1. The van der Waals surface area contributed by atoms with Crippen molar-refractivity contribution in [3.05, 3.63) is 75.8 Å². The van der Waals surface area contributed by atoms with E-state index in [4.69, 9.17) is 0 Å². The van der Waals surface area contributed by atoms with Crippen molar-refractivity contribution in [1.82, 2.24) is 9.66 Å². The standard InChI is InChI=1S/C19H15F2N3O2/c20-13-8-4-11(5-9-13)10-16(25)23-24-18(12-6-7-12)22-15-3-1-2-14(21)17(15)19(24)26/h1-5,8-9,12H,6-7,10H2,(H,23,25). The summed E-state index contributed by atoms with van der Waals surface area (Å²) in [6, 6.07) is 9.78. The fourth-order valence-corrected chi connectivity index (χ4v) is 2.88. The summed E-state index contributed by atoms with van der Waals surface area (Å²) in [4.78, 5) is 29.5. The predicted molar refractivity (Wildman–Crippen MR) is 92.4 cm³/mol. The molecule has 1 heterocycles. The summed E-state index contributed by atoms with van der Waals surface area (Å²) in [5, 5.41) is -0.154. The van der Waals surface area contributed by atoms with Crippen LogP contribution in [0.5, 0.6) is 0 Å². The first kappa shape index (κ1) is 16.4. The molecule has 7 heteroatoms. The second-order valence-corrected chi connectivity index (χ2v) is 6.36. The average molecular weight is 355 g/mol. The largest absolute Gasteiger partial charge is 0.283 e. The van der Waals surface area contributed by atoms with Crippen molar-refractivity contribution in [3.63, 3.8) is 0 Å². The van der Waals surface area contributed by atoms with Crippen LogP contribution < -0.4 is 11.0 Å². The molecule has 1 amide bonds. The molecule has 1 N–H and O–H groups in total. The average Bonchev–Trinajstić information content (AvgIpc) is 3.44. The van der Waals surface area contributed by atoms with Crippen molar-refractivity contribution in [2.24, 2.45) is 0 Å². The van der Waals surface area contributed by atoms with E-state index in [1.165, 1.54) is 36.4 Å². The van der Waals surface area contributed by atoms with Crippen LogP contribution in [0.15, 0.2) is 47.3 Å². The minimum Gasteiger partial charge on any atom is -0.273 e. The molecule has 1 aliphatic rings. The maximum atomic E-state index is 14.1. The van der Waals surface area contributed by atoms with Crippen LogP contribution in [0.4, 0.5) is 8.78 Å². The normalized spacial score (nSPS) is 13.8. The Hall–Kier alpha value is -3.09. The number of nitrogens with one attached hydrogen (secondary N) is 1. The zero-order chi connectivity index (χ0) is 18.3. The molecular weight excluding hydrogens is 340 g/mol. The van der Waals surface area contributed by atoms with Gasteiger partial charge in [-0.3, -0.25) is 15.0 Å². The molecule has 132 valence electrons. The molecule has 2 aromatic carbocycles. The number of amides is 1. The minimum absolute atomic E-state index is 0.0356. The Morgan fingerprint density at radius 1 is 1.15 bits per heavy atom. The number of nitrogens with zero attached hydrogens (tertiary/aromatic N) is 2. The summed E-state index contributed by atoms with van der Waals surface area (Å²) in [5.74, 6) is -1.03. The number of rotatable bonds is 4. The van der Waals surface area contributed by atoms with Gasteiger partial charge in [-0.2, -0.15) is 0 Å². The van der Waals surface area contributed by atoms with Gasteiger partial charge in [0.25, 0.3) is 5.56 Å². The van der Waals surface area contributed by atoms with Crippen LogP contribution in [0.1, 0.15) is 30.1 Å². The van der Waals surface area contributed by atoms with E-state index in [0.29, 0.717) is 11.4 Å².